The van der Waals surface area contributed by atoms with E-state index in [0.29, 0.717) is 6.42 Å². The van der Waals surface area contributed by atoms with Crippen molar-refractivity contribution in [2.75, 3.05) is 13.6 Å². The highest BCUT2D eigenvalue weighted by Gasteiger charge is 2.57. The van der Waals surface area contributed by atoms with Crippen molar-refractivity contribution in [2.45, 2.75) is 70.2 Å². The van der Waals surface area contributed by atoms with E-state index in [2.05, 4.69) is 41.2 Å². The highest BCUT2D eigenvalue weighted by atomic mass is 16.5. The van der Waals surface area contributed by atoms with Gasteiger partial charge in [-0.05, 0) is 46.6 Å². The van der Waals surface area contributed by atoms with E-state index < -0.39 is 0 Å². The van der Waals surface area contributed by atoms with Crippen molar-refractivity contribution in [1.82, 2.24) is 20.4 Å². The Morgan fingerprint density at radius 1 is 1.57 bits per heavy atom. The van der Waals surface area contributed by atoms with Gasteiger partial charge in [-0.2, -0.15) is 5.10 Å². The SMILES string of the molecule is CNC(=O)C[C@@H]1OC(C)(C)C[C@]12CCCN2Cc1cn[nH]c1C. The minimum Gasteiger partial charge on any atom is -0.370 e. The van der Waals surface area contributed by atoms with Crippen LogP contribution in [-0.4, -0.2) is 51.8 Å². The number of aryl methyl sites for hydroxylation is 1. The van der Waals surface area contributed by atoms with E-state index in [9.17, 15) is 4.79 Å². The Kier molecular flexibility index (Phi) is 4.23. The summed E-state index contributed by atoms with van der Waals surface area (Å²) in [5, 5.41) is 9.90. The number of nitrogens with zero attached hydrogens (tertiary/aromatic N) is 2. The van der Waals surface area contributed by atoms with Crippen LogP contribution in [0.3, 0.4) is 0 Å². The minimum atomic E-state index is -0.188. The van der Waals surface area contributed by atoms with Crippen molar-refractivity contribution >= 4 is 5.91 Å². The monoisotopic (exact) mass is 320 g/mol. The molecule has 1 aromatic heterocycles. The van der Waals surface area contributed by atoms with Gasteiger partial charge in [0.2, 0.25) is 5.91 Å². The number of carbonyl (C=O) groups is 1. The Balaban J connectivity index is 1.86. The molecule has 1 amide bonds. The molecule has 0 bridgehead atoms. The Morgan fingerprint density at radius 2 is 2.35 bits per heavy atom. The second-order valence-corrected chi connectivity index (χ2v) is 7.57. The molecule has 3 heterocycles. The van der Waals surface area contributed by atoms with E-state index in [0.717, 1.165) is 38.0 Å². The largest absolute Gasteiger partial charge is 0.370 e. The van der Waals surface area contributed by atoms with Gasteiger partial charge < -0.3 is 10.1 Å². The summed E-state index contributed by atoms with van der Waals surface area (Å²) in [6, 6.07) is 0. The van der Waals surface area contributed by atoms with E-state index in [1.165, 1.54) is 5.56 Å². The summed E-state index contributed by atoms with van der Waals surface area (Å²) in [4.78, 5) is 14.5. The van der Waals surface area contributed by atoms with Crippen molar-refractivity contribution in [3.63, 3.8) is 0 Å². The van der Waals surface area contributed by atoms with Gasteiger partial charge in [-0.15, -0.1) is 0 Å². The molecule has 2 aliphatic heterocycles. The maximum atomic E-state index is 12.0. The number of rotatable bonds is 4. The molecule has 6 nitrogen and oxygen atoms in total. The van der Waals surface area contributed by atoms with Crippen LogP contribution in [0.4, 0.5) is 0 Å². The minimum absolute atomic E-state index is 0.0419. The van der Waals surface area contributed by atoms with Crippen molar-refractivity contribution in [1.29, 1.82) is 0 Å². The van der Waals surface area contributed by atoms with Gasteiger partial charge in [0.05, 0.1) is 29.9 Å². The number of likely N-dealkylation sites (tertiary alicyclic amines) is 1. The van der Waals surface area contributed by atoms with E-state index >= 15 is 0 Å². The van der Waals surface area contributed by atoms with Gasteiger partial charge in [-0.25, -0.2) is 0 Å². The second-order valence-electron chi connectivity index (χ2n) is 7.57. The third-order valence-corrected chi connectivity index (χ3v) is 5.41. The smallest absolute Gasteiger partial charge is 0.222 e. The number of aromatic nitrogens is 2. The lowest BCUT2D eigenvalue weighted by Gasteiger charge is -2.38. The first-order valence-corrected chi connectivity index (χ1v) is 8.49. The van der Waals surface area contributed by atoms with Crippen LogP contribution in [0.15, 0.2) is 6.20 Å². The summed E-state index contributed by atoms with van der Waals surface area (Å²) in [5.74, 6) is 0.0541. The molecule has 6 heteroatoms. The summed E-state index contributed by atoms with van der Waals surface area (Å²) >= 11 is 0. The van der Waals surface area contributed by atoms with E-state index in [4.69, 9.17) is 4.74 Å². The first-order chi connectivity index (χ1) is 10.9. The number of ether oxygens (including phenoxy) is 1. The maximum Gasteiger partial charge on any atom is 0.222 e. The Hall–Kier alpha value is -1.40. The van der Waals surface area contributed by atoms with Crippen LogP contribution in [0.2, 0.25) is 0 Å². The normalized spacial score (nSPS) is 30.2. The van der Waals surface area contributed by atoms with Crippen molar-refractivity contribution in [2.24, 2.45) is 0 Å². The summed E-state index contributed by atoms with van der Waals surface area (Å²) < 4.78 is 6.31. The molecule has 0 aliphatic carbocycles. The summed E-state index contributed by atoms with van der Waals surface area (Å²) in [6.07, 6.45) is 5.51. The van der Waals surface area contributed by atoms with Crippen LogP contribution >= 0.6 is 0 Å². The molecule has 2 saturated heterocycles. The van der Waals surface area contributed by atoms with E-state index in [1.54, 1.807) is 7.05 Å². The zero-order valence-corrected chi connectivity index (χ0v) is 14.6. The van der Waals surface area contributed by atoms with Gasteiger partial charge in [0, 0.05) is 24.8 Å². The molecule has 2 aliphatic rings. The lowest BCUT2D eigenvalue weighted by atomic mass is 9.82. The molecule has 0 unspecified atom stereocenters. The van der Waals surface area contributed by atoms with Crippen molar-refractivity contribution in [3.05, 3.63) is 17.5 Å². The van der Waals surface area contributed by atoms with Gasteiger partial charge >= 0.3 is 0 Å². The molecule has 2 atom stereocenters. The van der Waals surface area contributed by atoms with Crippen LogP contribution in [0.25, 0.3) is 0 Å². The predicted octanol–water partition coefficient (Wildman–Crippen LogP) is 1.76. The number of hydrogen-bond donors (Lipinski definition) is 2. The number of hydrogen-bond acceptors (Lipinski definition) is 4. The average molecular weight is 320 g/mol. The molecule has 0 saturated carbocycles. The Bertz CT molecular complexity index is 583. The maximum absolute atomic E-state index is 12.0. The Labute approximate surface area is 138 Å². The van der Waals surface area contributed by atoms with Crippen LogP contribution < -0.4 is 5.32 Å². The molecule has 2 fully saturated rings. The third-order valence-electron chi connectivity index (χ3n) is 5.41. The van der Waals surface area contributed by atoms with Crippen LogP contribution in [0.5, 0.6) is 0 Å². The van der Waals surface area contributed by atoms with Crippen LogP contribution in [-0.2, 0) is 16.1 Å². The molecule has 0 radical (unpaired) electrons. The van der Waals surface area contributed by atoms with Crippen LogP contribution in [0, 0.1) is 6.92 Å². The van der Waals surface area contributed by atoms with Crippen LogP contribution in [0.1, 0.15) is 50.8 Å². The van der Waals surface area contributed by atoms with E-state index in [-0.39, 0.29) is 23.2 Å². The summed E-state index contributed by atoms with van der Waals surface area (Å²) in [5.41, 5.74) is 2.12. The topological polar surface area (TPSA) is 70.2 Å². The fraction of sp³-hybridized carbons (Fsp3) is 0.765. The quantitative estimate of drug-likeness (QED) is 0.887. The average Bonchev–Trinajstić information content (AvgIpc) is 3.12. The molecule has 1 spiro atoms. The zero-order valence-electron chi connectivity index (χ0n) is 14.6. The van der Waals surface area contributed by atoms with Gasteiger partial charge in [0.25, 0.3) is 0 Å². The zero-order chi connectivity index (χ0) is 16.7. The first-order valence-electron chi connectivity index (χ1n) is 8.49. The number of aromatic amines is 1. The Morgan fingerprint density at radius 3 is 3.00 bits per heavy atom. The van der Waals surface area contributed by atoms with E-state index in [1.807, 2.05) is 6.20 Å². The molecule has 1 aromatic rings. The first kappa shape index (κ1) is 16.5. The van der Waals surface area contributed by atoms with Gasteiger partial charge in [-0.1, -0.05) is 0 Å². The van der Waals surface area contributed by atoms with Crippen molar-refractivity contribution < 1.29 is 9.53 Å². The second kappa shape index (κ2) is 5.91. The summed E-state index contributed by atoms with van der Waals surface area (Å²) in [7, 11) is 1.69. The molecular formula is C17H28N4O2. The lowest BCUT2D eigenvalue weighted by Crippen LogP contribution is -2.51. The highest BCUT2D eigenvalue weighted by molar-refractivity contribution is 5.76. The molecule has 128 valence electrons. The number of nitrogens with one attached hydrogen (secondary N) is 2. The number of amides is 1. The molecular weight excluding hydrogens is 292 g/mol. The number of H-pyrrole nitrogens is 1. The third kappa shape index (κ3) is 3.02. The molecule has 0 aromatic carbocycles. The molecule has 2 N–H and O–H groups in total. The number of carbonyl (C=O) groups excluding carboxylic acids is 1. The molecule has 23 heavy (non-hydrogen) atoms. The predicted molar refractivity (Wildman–Crippen MR) is 88.0 cm³/mol. The van der Waals surface area contributed by atoms with Gasteiger partial charge in [-0.3, -0.25) is 14.8 Å². The fourth-order valence-electron chi connectivity index (χ4n) is 4.39. The van der Waals surface area contributed by atoms with Gasteiger partial charge in [0.1, 0.15) is 0 Å². The lowest BCUT2D eigenvalue weighted by molar-refractivity contribution is -0.126. The fourth-order valence-corrected chi connectivity index (χ4v) is 4.39. The standard InChI is InChI=1S/C17H28N4O2/c1-12-13(9-19-20-12)10-21-7-5-6-17(21)11-16(2,3)23-14(17)8-15(22)18-4/h9,14H,5-8,10-11H2,1-4H3,(H,18,22)(H,19,20)/t14-,17+/m0/s1. The van der Waals surface area contributed by atoms with Gasteiger partial charge in [0.15, 0.2) is 0 Å². The van der Waals surface area contributed by atoms with Crippen molar-refractivity contribution in [3.8, 4) is 0 Å². The molecule has 3 rings (SSSR count). The summed E-state index contributed by atoms with van der Waals surface area (Å²) in [6.45, 7) is 8.25. The highest BCUT2D eigenvalue weighted by Crippen LogP contribution is 2.49.